The molecule has 114 valence electrons. The Balaban J connectivity index is 2.08. The van der Waals surface area contributed by atoms with E-state index >= 15 is 0 Å². The van der Waals surface area contributed by atoms with Crippen molar-refractivity contribution in [2.45, 2.75) is 12.8 Å². The molecule has 0 aromatic carbocycles. The summed E-state index contributed by atoms with van der Waals surface area (Å²) in [4.78, 5) is 18.7. The van der Waals surface area contributed by atoms with E-state index in [4.69, 9.17) is 4.74 Å². The van der Waals surface area contributed by atoms with E-state index in [1.807, 2.05) is 23.8 Å². The van der Waals surface area contributed by atoms with E-state index in [0.29, 0.717) is 17.9 Å². The van der Waals surface area contributed by atoms with Gasteiger partial charge in [-0.15, -0.1) is 11.8 Å². The molecule has 1 saturated heterocycles. The molecule has 0 spiro atoms. The molecule has 21 heavy (non-hydrogen) atoms. The molecule has 0 unspecified atom stereocenters. The third kappa shape index (κ3) is 4.14. The van der Waals surface area contributed by atoms with Gasteiger partial charge in [0.05, 0.1) is 12.7 Å². The fourth-order valence-corrected chi connectivity index (χ4v) is 2.57. The number of thioether (sulfide) groups is 1. The molecule has 0 bridgehead atoms. The quantitative estimate of drug-likeness (QED) is 0.874. The van der Waals surface area contributed by atoms with Crippen LogP contribution in [0.5, 0.6) is 5.75 Å². The maximum Gasteiger partial charge on any atom is 0.256 e. The fourth-order valence-electron chi connectivity index (χ4n) is 2.28. The number of nitrogens with zero attached hydrogens (tertiary/aromatic N) is 2. The lowest BCUT2D eigenvalue weighted by atomic mass is 10.2. The molecule has 2 rings (SSSR count). The molecule has 0 atom stereocenters. The molecule has 1 aliphatic heterocycles. The Morgan fingerprint density at radius 2 is 2.29 bits per heavy atom. The van der Waals surface area contributed by atoms with Crippen LogP contribution in [0.4, 0.5) is 5.82 Å². The summed E-state index contributed by atoms with van der Waals surface area (Å²) in [5.74, 6) is 1.28. The minimum Gasteiger partial charge on any atom is -0.496 e. The molecule has 1 N–H and O–H groups in total. The van der Waals surface area contributed by atoms with Crippen molar-refractivity contribution in [2.24, 2.45) is 0 Å². The lowest BCUT2D eigenvalue weighted by Gasteiger charge is -2.18. The van der Waals surface area contributed by atoms with Crippen molar-refractivity contribution >= 4 is 23.5 Å². The van der Waals surface area contributed by atoms with Crippen LogP contribution in [0.1, 0.15) is 23.2 Å². The standard InChI is InChI=1S/C15H21N3O2S/c1-20-13-10-14(18-7-3-4-8-18)17-11-12(13)15(19)16-6-5-9-21-2/h5,9-11H,3-4,6-8H2,1-2H3,(H,16,19)/b9-5+. The van der Waals surface area contributed by atoms with Gasteiger partial charge in [-0.1, -0.05) is 6.08 Å². The van der Waals surface area contributed by atoms with Crippen molar-refractivity contribution in [1.29, 1.82) is 0 Å². The number of rotatable bonds is 6. The summed E-state index contributed by atoms with van der Waals surface area (Å²) in [6, 6.07) is 1.85. The normalized spacial score (nSPS) is 14.7. The zero-order chi connectivity index (χ0) is 15.1. The highest BCUT2D eigenvalue weighted by atomic mass is 32.2. The zero-order valence-corrected chi connectivity index (χ0v) is 13.3. The van der Waals surface area contributed by atoms with Crippen molar-refractivity contribution in [2.75, 3.05) is 37.9 Å². The second-order valence-electron chi connectivity index (χ2n) is 4.75. The summed E-state index contributed by atoms with van der Waals surface area (Å²) in [6.07, 6.45) is 7.85. The molecule has 0 saturated carbocycles. The smallest absolute Gasteiger partial charge is 0.256 e. The number of carbonyl (C=O) groups is 1. The molecule has 6 heteroatoms. The molecule has 0 aliphatic carbocycles. The highest BCUT2D eigenvalue weighted by Crippen LogP contribution is 2.25. The molecule has 1 aliphatic rings. The van der Waals surface area contributed by atoms with E-state index in [0.717, 1.165) is 18.9 Å². The van der Waals surface area contributed by atoms with Gasteiger partial charge in [-0.25, -0.2) is 4.98 Å². The number of hydrogen-bond donors (Lipinski definition) is 1. The molecule has 0 radical (unpaired) electrons. The topological polar surface area (TPSA) is 54.5 Å². The Morgan fingerprint density at radius 3 is 2.95 bits per heavy atom. The fraction of sp³-hybridized carbons (Fsp3) is 0.467. The van der Waals surface area contributed by atoms with Gasteiger partial charge in [-0.3, -0.25) is 4.79 Å². The summed E-state index contributed by atoms with van der Waals surface area (Å²) < 4.78 is 5.34. The summed E-state index contributed by atoms with van der Waals surface area (Å²) in [7, 11) is 1.58. The van der Waals surface area contributed by atoms with E-state index in [1.54, 1.807) is 25.1 Å². The Hall–Kier alpha value is -1.69. The van der Waals surface area contributed by atoms with Crippen LogP contribution in [0.15, 0.2) is 23.7 Å². The highest BCUT2D eigenvalue weighted by molar-refractivity contribution is 8.01. The summed E-state index contributed by atoms with van der Waals surface area (Å²) >= 11 is 1.60. The van der Waals surface area contributed by atoms with Crippen LogP contribution in [0.2, 0.25) is 0 Å². The third-order valence-electron chi connectivity index (χ3n) is 3.36. The van der Waals surface area contributed by atoms with Gasteiger partial charge in [-0.2, -0.15) is 0 Å². The van der Waals surface area contributed by atoms with E-state index in [1.165, 1.54) is 12.8 Å². The summed E-state index contributed by atoms with van der Waals surface area (Å²) in [6.45, 7) is 2.53. The van der Waals surface area contributed by atoms with Crippen molar-refractivity contribution in [1.82, 2.24) is 10.3 Å². The molecule has 1 fully saturated rings. The maximum atomic E-state index is 12.1. The van der Waals surface area contributed by atoms with Gasteiger partial charge in [0.15, 0.2) is 0 Å². The van der Waals surface area contributed by atoms with Crippen LogP contribution in [-0.4, -0.2) is 43.9 Å². The van der Waals surface area contributed by atoms with Gasteiger partial charge in [0, 0.05) is 31.9 Å². The van der Waals surface area contributed by atoms with E-state index in [9.17, 15) is 4.79 Å². The number of pyridine rings is 1. The summed E-state index contributed by atoms with van der Waals surface area (Å²) in [5.41, 5.74) is 0.470. The Morgan fingerprint density at radius 1 is 1.52 bits per heavy atom. The van der Waals surface area contributed by atoms with Crippen LogP contribution in [0.25, 0.3) is 0 Å². The number of methoxy groups -OCH3 is 1. The summed E-state index contributed by atoms with van der Waals surface area (Å²) in [5, 5.41) is 4.76. The highest BCUT2D eigenvalue weighted by Gasteiger charge is 2.18. The minimum absolute atomic E-state index is 0.168. The van der Waals surface area contributed by atoms with Crippen LogP contribution >= 0.6 is 11.8 Å². The number of anilines is 1. The molecular weight excluding hydrogens is 286 g/mol. The van der Waals surface area contributed by atoms with E-state index in [2.05, 4.69) is 15.2 Å². The van der Waals surface area contributed by atoms with Gasteiger partial charge in [0.1, 0.15) is 11.6 Å². The third-order valence-corrected chi connectivity index (χ3v) is 3.82. The van der Waals surface area contributed by atoms with Gasteiger partial charge >= 0.3 is 0 Å². The van der Waals surface area contributed by atoms with Crippen molar-refractivity contribution in [3.05, 3.63) is 29.3 Å². The minimum atomic E-state index is -0.168. The average molecular weight is 307 g/mol. The molecule has 1 aromatic rings. The van der Waals surface area contributed by atoms with Crippen LogP contribution in [-0.2, 0) is 0 Å². The van der Waals surface area contributed by atoms with Crippen molar-refractivity contribution in [3.8, 4) is 5.75 Å². The predicted molar refractivity (Wildman–Crippen MR) is 87.2 cm³/mol. The van der Waals surface area contributed by atoms with Crippen LogP contribution in [0.3, 0.4) is 0 Å². The number of aromatic nitrogens is 1. The Bertz CT molecular complexity index is 514. The number of carbonyl (C=O) groups excluding carboxylic acids is 1. The molecule has 5 nitrogen and oxygen atoms in total. The Kier molecular flexibility index (Phi) is 5.92. The maximum absolute atomic E-state index is 12.1. The van der Waals surface area contributed by atoms with E-state index in [-0.39, 0.29) is 5.91 Å². The van der Waals surface area contributed by atoms with Gasteiger partial charge in [-0.05, 0) is 24.5 Å². The largest absolute Gasteiger partial charge is 0.496 e. The lowest BCUT2D eigenvalue weighted by molar-refractivity contribution is 0.0954. The second-order valence-corrected chi connectivity index (χ2v) is 5.50. The zero-order valence-electron chi connectivity index (χ0n) is 12.5. The van der Waals surface area contributed by atoms with Crippen LogP contribution in [0, 0.1) is 0 Å². The first kappa shape index (κ1) is 15.7. The van der Waals surface area contributed by atoms with Gasteiger partial charge in [0.25, 0.3) is 5.91 Å². The number of nitrogens with one attached hydrogen (secondary N) is 1. The molecule has 2 heterocycles. The lowest BCUT2D eigenvalue weighted by Crippen LogP contribution is -2.25. The number of hydrogen-bond acceptors (Lipinski definition) is 5. The van der Waals surface area contributed by atoms with Gasteiger partial charge < -0.3 is 15.0 Å². The predicted octanol–water partition coefficient (Wildman–Crippen LogP) is 2.30. The monoisotopic (exact) mass is 307 g/mol. The first-order valence-electron chi connectivity index (χ1n) is 7.01. The van der Waals surface area contributed by atoms with Crippen molar-refractivity contribution in [3.63, 3.8) is 0 Å². The number of ether oxygens (including phenoxy) is 1. The molecule has 1 aromatic heterocycles. The van der Waals surface area contributed by atoms with Crippen molar-refractivity contribution < 1.29 is 9.53 Å². The average Bonchev–Trinajstić information content (AvgIpc) is 3.05. The molecular formula is C15H21N3O2S. The first-order valence-corrected chi connectivity index (χ1v) is 8.30. The van der Waals surface area contributed by atoms with Crippen LogP contribution < -0.4 is 15.0 Å². The second kappa shape index (κ2) is 7.93. The van der Waals surface area contributed by atoms with E-state index < -0.39 is 0 Å². The first-order chi connectivity index (χ1) is 10.3. The van der Waals surface area contributed by atoms with Gasteiger partial charge in [0.2, 0.25) is 0 Å². The Labute approximate surface area is 129 Å². The number of amides is 1. The SMILES string of the molecule is COc1cc(N2CCCC2)ncc1C(=O)NC/C=C/SC. The molecule has 1 amide bonds.